The highest BCUT2D eigenvalue weighted by atomic mass is 35.5. The van der Waals surface area contributed by atoms with Crippen molar-refractivity contribution in [3.05, 3.63) is 28.8 Å². The van der Waals surface area contributed by atoms with E-state index >= 15 is 0 Å². The molecule has 20 heavy (non-hydrogen) atoms. The van der Waals surface area contributed by atoms with Crippen LogP contribution in [0, 0.1) is 11.8 Å². The molecular formula is C17H29ClN2. The number of hydrogen-bond acceptors (Lipinski definition) is 2. The second kappa shape index (κ2) is 8.53. The highest BCUT2D eigenvalue weighted by Gasteiger charge is 2.14. The van der Waals surface area contributed by atoms with Gasteiger partial charge in [-0.1, -0.05) is 46.2 Å². The van der Waals surface area contributed by atoms with Gasteiger partial charge in [0.15, 0.2) is 0 Å². The predicted octanol–water partition coefficient (Wildman–Crippen LogP) is 4.57. The first-order valence-electron chi connectivity index (χ1n) is 7.68. The first kappa shape index (κ1) is 17.3. The minimum absolute atomic E-state index is 0.649. The van der Waals surface area contributed by atoms with Crippen LogP contribution in [0.3, 0.4) is 0 Å². The summed E-state index contributed by atoms with van der Waals surface area (Å²) in [6.45, 7) is 15.2. The van der Waals surface area contributed by atoms with Gasteiger partial charge in [0.1, 0.15) is 0 Å². The summed E-state index contributed by atoms with van der Waals surface area (Å²) < 4.78 is 0. The summed E-state index contributed by atoms with van der Waals surface area (Å²) in [7, 11) is 0. The van der Waals surface area contributed by atoms with Crippen LogP contribution in [0.15, 0.2) is 18.2 Å². The van der Waals surface area contributed by atoms with Gasteiger partial charge in [-0.2, -0.15) is 0 Å². The van der Waals surface area contributed by atoms with Gasteiger partial charge in [0, 0.05) is 30.3 Å². The van der Waals surface area contributed by atoms with Gasteiger partial charge in [-0.25, -0.2) is 0 Å². The fraction of sp³-hybridized carbons (Fsp3) is 0.647. The van der Waals surface area contributed by atoms with Crippen molar-refractivity contribution in [3.63, 3.8) is 0 Å². The van der Waals surface area contributed by atoms with Crippen LogP contribution < -0.4 is 10.2 Å². The molecule has 3 heteroatoms. The molecule has 0 amide bonds. The van der Waals surface area contributed by atoms with Gasteiger partial charge in [0.05, 0.1) is 0 Å². The van der Waals surface area contributed by atoms with E-state index in [9.17, 15) is 0 Å². The zero-order valence-electron chi connectivity index (χ0n) is 13.5. The molecule has 0 aliphatic carbocycles. The van der Waals surface area contributed by atoms with E-state index in [-0.39, 0.29) is 0 Å². The van der Waals surface area contributed by atoms with Crippen LogP contribution in [0.25, 0.3) is 0 Å². The molecular weight excluding hydrogens is 268 g/mol. The van der Waals surface area contributed by atoms with Crippen LogP contribution in [0.1, 0.15) is 40.2 Å². The second-order valence-electron chi connectivity index (χ2n) is 6.25. The SMILES string of the molecule is CCNCc1cc(Cl)ccc1N(CC(C)C)CC(C)C. The Hall–Kier alpha value is -0.730. The van der Waals surface area contributed by atoms with Gasteiger partial charge in [0.2, 0.25) is 0 Å². The summed E-state index contributed by atoms with van der Waals surface area (Å²) in [4.78, 5) is 2.50. The van der Waals surface area contributed by atoms with E-state index in [1.165, 1.54) is 11.3 Å². The Labute approximate surface area is 129 Å². The van der Waals surface area contributed by atoms with Gasteiger partial charge in [-0.15, -0.1) is 0 Å². The fourth-order valence-electron chi connectivity index (χ4n) is 2.42. The molecule has 0 spiro atoms. The van der Waals surface area contributed by atoms with Crippen molar-refractivity contribution in [1.29, 1.82) is 0 Å². The van der Waals surface area contributed by atoms with Crippen LogP contribution in [0.2, 0.25) is 5.02 Å². The first-order chi connectivity index (χ1) is 9.43. The Kier molecular flexibility index (Phi) is 7.39. The number of hydrogen-bond donors (Lipinski definition) is 1. The van der Waals surface area contributed by atoms with E-state index in [4.69, 9.17) is 11.6 Å². The molecule has 0 aliphatic rings. The molecule has 0 atom stereocenters. The molecule has 0 fully saturated rings. The summed E-state index contributed by atoms with van der Waals surface area (Å²) in [6.07, 6.45) is 0. The minimum atomic E-state index is 0.649. The summed E-state index contributed by atoms with van der Waals surface area (Å²) in [6, 6.07) is 6.26. The smallest absolute Gasteiger partial charge is 0.0413 e. The Balaban J connectivity index is 3.03. The van der Waals surface area contributed by atoms with Crippen molar-refractivity contribution in [2.75, 3.05) is 24.5 Å². The maximum Gasteiger partial charge on any atom is 0.0413 e. The topological polar surface area (TPSA) is 15.3 Å². The Morgan fingerprint density at radius 1 is 1.10 bits per heavy atom. The quantitative estimate of drug-likeness (QED) is 0.756. The van der Waals surface area contributed by atoms with Gasteiger partial charge in [0.25, 0.3) is 0 Å². The molecule has 1 aromatic carbocycles. The molecule has 0 bridgehead atoms. The molecule has 0 aliphatic heterocycles. The predicted molar refractivity (Wildman–Crippen MR) is 90.7 cm³/mol. The van der Waals surface area contributed by atoms with E-state index in [0.717, 1.165) is 31.2 Å². The van der Waals surface area contributed by atoms with Crippen LogP contribution in [0.4, 0.5) is 5.69 Å². The van der Waals surface area contributed by atoms with E-state index < -0.39 is 0 Å². The Morgan fingerprint density at radius 2 is 1.70 bits per heavy atom. The van der Waals surface area contributed by atoms with E-state index in [1.807, 2.05) is 6.07 Å². The van der Waals surface area contributed by atoms with Crippen molar-refractivity contribution in [1.82, 2.24) is 5.32 Å². The lowest BCUT2D eigenvalue weighted by Gasteiger charge is -2.30. The van der Waals surface area contributed by atoms with E-state index in [1.54, 1.807) is 0 Å². The van der Waals surface area contributed by atoms with Crippen molar-refractivity contribution in [2.45, 2.75) is 41.2 Å². The number of halogens is 1. The van der Waals surface area contributed by atoms with E-state index in [0.29, 0.717) is 11.8 Å². The number of rotatable bonds is 8. The van der Waals surface area contributed by atoms with Crippen molar-refractivity contribution >= 4 is 17.3 Å². The maximum absolute atomic E-state index is 6.17. The van der Waals surface area contributed by atoms with Gasteiger partial charge < -0.3 is 10.2 Å². The summed E-state index contributed by atoms with van der Waals surface area (Å²) in [5, 5.41) is 4.22. The van der Waals surface area contributed by atoms with Crippen molar-refractivity contribution in [3.8, 4) is 0 Å². The zero-order chi connectivity index (χ0) is 15.1. The van der Waals surface area contributed by atoms with Crippen LogP contribution in [-0.2, 0) is 6.54 Å². The molecule has 1 aromatic rings. The number of nitrogens with zero attached hydrogens (tertiary/aromatic N) is 1. The third-order valence-corrected chi connectivity index (χ3v) is 3.35. The fourth-order valence-corrected chi connectivity index (χ4v) is 2.61. The molecule has 2 nitrogen and oxygen atoms in total. The molecule has 114 valence electrons. The molecule has 1 N–H and O–H groups in total. The first-order valence-corrected chi connectivity index (χ1v) is 8.05. The Bertz CT molecular complexity index is 392. The van der Waals surface area contributed by atoms with Gasteiger partial charge in [-0.05, 0) is 42.1 Å². The molecule has 0 saturated heterocycles. The molecule has 1 rings (SSSR count). The van der Waals surface area contributed by atoms with Crippen molar-refractivity contribution < 1.29 is 0 Å². The maximum atomic E-state index is 6.17. The van der Waals surface area contributed by atoms with Crippen LogP contribution in [0.5, 0.6) is 0 Å². The lowest BCUT2D eigenvalue weighted by molar-refractivity contribution is 0.550. The van der Waals surface area contributed by atoms with Gasteiger partial charge >= 0.3 is 0 Å². The average molecular weight is 297 g/mol. The standard InChI is InChI=1S/C17H29ClN2/c1-6-19-10-15-9-16(18)7-8-17(15)20(11-13(2)3)12-14(4)5/h7-9,13-14,19H,6,10-12H2,1-5H3. The number of anilines is 1. The summed E-state index contributed by atoms with van der Waals surface area (Å²) in [5.74, 6) is 1.30. The second-order valence-corrected chi connectivity index (χ2v) is 6.68. The largest absolute Gasteiger partial charge is 0.371 e. The molecule has 0 unspecified atom stereocenters. The zero-order valence-corrected chi connectivity index (χ0v) is 14.3. The Morgan fingerprint density at radius 3 is 2.20 bits per heavy atom. The average Bonchev–Trinajstić information content (AvgIpc) is 2.34. The highest BCUT2D eigenvalue weighted by Crippen LogP contribution is 2.26. The normalized spacial score (nSPS) is 11.4. The molecule has 0 heterocycles. The number of nitrogens with one attached hydrogen (secondary N) is 1. The highest BCUT2D eigenvalue weighted by molar-refractivity contribution is 6.30. The number of benzene rings is 1. The lowest BCUT2D eigenvalue weighted by atomic mass is 10.1. The molecule has 0 radical (unpaired) electrons. The molecule has 0 aromatic heterocycles. The third kappa shape index (κ3) is 5.72. The molecule has 0 saturated carbocycles. The van der Waals surface area contributed by atoms with Gasteiger partial charge in [-0.3, -0.25) is 0 Å². The van der Waals surface area contributed by atoms with Crippen LogP contribution >= 0.6 is 11.6 Å². The monoisotopic (exact) mass is 296 g/mol. The summed E-state index contributed by atoms with van der Waals surface area (Å²) in [5.41, 5.74) is 2.61. The van der Waals surface area contributed by atoms with Crippen LogP contribution in [-0.4, -0.2) is 19.6 Å². The third-order valence-electron chi connectivity index (χ3n) is 3.12. The van der Waals surface area contributed by atoms with Crippen molar-refractivity contribution in [2.24, 2.45) is 11.8 Å². The lowest BCUT2D eigenvalue weighted by Crippen LogP contribution is -2.32. The van der Waals surface area contributed by atoms with E-state index in [2.05, 4.69) is 57.0 Å². The summed E-state index contributed by atoms with van der Waals surface area (Å²) >= 11 is 6.17. The minimum Gasteiger partial charge on any atom is -0.371 e.